The second-order valence-electron chi connectivity index (χ2n) is 10.6. The maximum Gasteiger partial charge on any atom is 0.301 e. The lowest BCUT2D eigenvalue weighted by Crippen LogP contribution is -2.17. The van der Waals surface area contributed by atoms with E-state index in [9.17, 15) is 45.4 Å². The molecule has 0 aliphatic heterocycles. The van der Waals surface area contributed by atoms with E-state index in [4.69, 9.17) is 0 Å². The molecular formula is C33H22N8O9. The van der Waals surface area contributed by atoms with E-state index in [-0.39, 0.29) is 34.0 Å². The highest BCUT2D eigenvalue weighted by molar-refractivity contribution is 6.08. The van der Waals surface area contributed by atoms with Gasteiger partial charge in [-0.25, -0.2) is 5.43 Å². The van der Waals surface area contributed by atoms with Crippen LogP contribution in [0, 0.1) is 30.3 Å². The van der Waals surface area contributed by atoms with E-state index in [1.54, 1.807) is 42.6 Å². The number of carbonyl (C=O) groups excluding carboxylic acids is 1. The number of anilines is 1. The maximum atomic E-state index is 12.9. The number of nitro benzene ring substituents is 3. The quantitative estimate of drug-likeness (QED) is 0.0612. The lowest BCUT2D eigenvalue weighted by molar-refractivity contribution is -0.393. The summed E-state index contributed by atoms with van der Waals surface area (Å²) in [7, 11) is 0. The summed E-state index contributed by atoms with van der Waals surface area (Å²) in [4.78, 5) is 47.4. The van der Waals surface area contributed by atoms with E-state index >= 15 is 0 Å². The van der Waals surface area contributed by atoms with Crippen molar-refractivity contribution in [2.24, 2.45) is 10.2 Å². The highest BCUT2D eigenvalue weighted by Gasteiger charge is 2.20. The van der Waals surface area contributed by atoms with Crippen molar-refractivity contribution < 1.29 is 29.8 Å². The van der Waals surface area contributed by atoms with Gasteiger partial charge in [-0.2, -0.15) is 10.2 Å². The number of benzene rings is 5. The summed E-state index contributed by atoms with van der Waals surface area (Å²) in [5.41, 5.74) is 6.09. The lowest BCUT2D eigenvalue weighted by Gasteiger charge is -2.12. The number of aromatic hydroxyl groups is 2. The molecule has 0 bridgehead atoms. The zero-order valence-corrected chi connectivity index (χ0v) is 25.3. The number of hydrogen-bond acceptors (Lipinski definition) is 12. The molecule has 0 unspecified atom stereocenters. The Bertz CT molecular complexity index is 2440. The number of nitrogens with one attached hydrogen (secondary N) is 3. The van der Waals surface area contributed by atoms with Crippen LogP contribution in [0.4, 0.5) is 22.7 Å². The third-order valence-corrected chi connectivity index (χ3v) is 7.68. The monoisotopic (exact) mass is 674 g/mol. The van der Waals surface area contributed by atoms with Crippen LogP contribution < -0.4 is 10.9 Å². The number of phenols is 2. The number of H-pyrrole nitrogens is 1. The molecule has 5 aromatic carbocycles. The van der Waals surface area contributed by atoms with Crippen LogP contribution in [0.25, 0.3) is 32.8 Å². The van der Waals surface area contributed by atoms with E-state index in [0.29, 0.717) is 38.4 Å². The molecule has 0 saturated heterocycles. The van der Waals surface area contributed by atoms with E-state index in [1.807, 2.05) is 0 Å². The van der Waals surface area contributed by atoms with Gasteiger partial charge in [0.25, 0.3) is 17.3 Å². The standard InChI is InChI=1S/C33H22N8O9/c42-31-11-8-24-22(2-1-3-23(24)27(31)17-36-37-29-10-6-21(40(47)48)14-30(29)41(49)50)18-4-7-25(32(43)12-18)33(44)38-35-16-19-15-34-28-9-5-20(39(45)46)13-26(19)28/h1-17,34,37,42-43H,(H,38,44)/b35-16+,36-17+. The number of amides is 1. The number of nitro groups is 3. The summed E-state index contributed by atoms with van der Waals surface area (Å²) in [6, 6.07) is 20.0. The highest BCUT2D eigenvalue weighted by Crippen LogP contribution is 2.36. The first-order valence-electron chi connectivity index (χ1n) is 14.4. The Morgan fingerprint density at radius 3 is 2.24 bits per heavy atom. The zero-order valence-electron chi connectivity index (χ0n) is 25.3. The smallest absolute Gasteiger partial charge is 0.301 e. The number of aromatic nitrogens is 1. The predicted molar refractivity (Wildman–Crippen MR) is 184 cm³/mol. The number of non-ortho nitro benzene ring substituents is 2. The molecule has 17 nitrogen and oxygen atoms in total. The fraction of sp³-hybridized carbons (Fsp3) is 0. The van der Waals surface area contributed by atoms with Crippen LogP contribution in [0.1, 0.15) is 21.5 Å². The van der Waals surface area contributed by atoms with Gasteiger partial charge in [-0.3, -0.25) is 40.6 Å². The third-order valence-electron chi connectivity index (χ3n) is 7.68. The zero-order chi connectivity index (χ0) is 35.5. The number of nitrogens with zero attached hydrogens (tertiary/aromatic N) is 5. The van der Waals surface area contributed by atoms with Gasteiger partial charge < -0.3 is 15.2 Å². The van der Waals surface area contributed by atoms with Crippen molar-refractivity contribution in [3.8, 4) is 22.6 Å². The Balaban J connectivity index is 1.23. The first kappa shape index (κ1) is 32.3. The van der Waals surface area contributed by atoms with Crippen LogP contribution >= 0.6 is 0 Å². The van der Waals surface area contributed by atoms with Gasteiger partial charge in [0, 0.05) is 46.4 Å². The Hall–Kier alpha value is -7.69. The van der Waals surface area contributed by atoms with Crippen molar-refractivity contribution in [1.29, 1.82) is 0 Å². The van der Waals surface area contributed by atoms with Crippen molar-refractivity contribution in [1.82, 2.24) is 10.4 Å². The number of fused-ring (bicyclic) bond motifs is 2. The first-order valence-corrected chi connectivity index (χ1v) is 14.4. The van der Waals surface area contributed by atoms with Crippen LogP contribution in [-0.2, 0) is 0 Å². The van der Waals surface area contributed by atoms with Crippen LogP contribution in [-0.4, -0.2) is 48.3 Å². The largest absolute Gasteiger partial charge is 0.507 e. The molecule has 6 rings (SSSR count). The third kappa shape index (κ3) is 6.32. The molecule has 0 atom stereocenters. The fourth-order valence-corrected chi connectivity index (χ4v) is 5.27. The van der Waals surface area contributed by atoms with Crippen LogP contribution in [0.2, 0.25) is 0 Å². The van der Waals surface area contributed by atoms with Crippen molar-refractivity contribution in [2.75, 3.05) is 5.43 Å². The van der Waals surface area contributed by atoms with Crippen molar-refractivity contribution >= 4 is 62.8 Å². The Morgan fingerprint density at radius 1 is 0.740 bits per heavy atom. The average molecular weight is 675 g/mol. The fourth-order valence-electron chi connectivity index (χ4n) is 5.27. The molecule has 1 heterocycles. The minimum Gasteiger partial charge on any atom is -0.507 e. The minimum absolute atomic E-state index is 0.0717. The van der Waals surface area contributed by atoms with E-state index in [0.717, 1.165) is 18.2 Å². The molecular weight excluding hydrogens is 652 g/mol. The molecule has 248 valence electrons. The number of phenolic OH excluding ortho intramolecular Hbond substituents is 2. The topological polar surface area (TPSA) is 252 Å². The normalized spacial score (nSPS) is 11.4. The van der Waals surface area contributed by atoms with Gasteiger partial charge in [0.1, 0.15) is 17.2 Å². The molecule has 50 heavy (non-hydrogen) atoms. The number of carbonyl (C=O) groups is 1. The summed E-state index contributed by atoms with van der Waals surface area (Å²) < 4.78 is 0. The number of hydrazone groups is 2. The summed E-state index contributed by atoms with van der Waals surface area (Å²) in [6.07, 6.45) is 4.15. The summed E-state index contributed by atoms with van der Waals surface area (Å²) >= 11 is 0. The van der Waals surface area contributed by atoms with Gasteiger partial charge in [-0.15, -0.1) is 0 Å². The van der Waals surface area contributed by atoms with Crippen LogP contribution in [0.3, 0.4) is 0 Å². The molecule has 0 aliphatic carbocycles. The Morgan fingerprint density at radius 2 is 1.50 bits per heavy atom. The molecule has 6 aromatic rings. The number of rotatable bonds is 10. The Kier molecular flexibility index (Phi) is 8.52. The van der Waals surface area contributed by atoms with E-state index in [2.05, 4.69) is 26.0 Å². The minimum atomic E-state index is -0.785. The first-order chi connectivity index (χ1) is 24.0. The molecule has 1 aromatic heterocycles. The number of aromatic amines is 1. The van der Waals surface area contributed by atoms with Crippen molar-refractivity contribution in [3.63, 3.8) is 0 Å². The molecule has 17 heteroatoms. The summed E-state index contributed by atoms with van der Waals surface area (Å²) in [6.45, 7) is 0. The molecule has 0 spiro atoms. The molecule has 0 fully saturated rings. The highest BCUT2D eigenvalue weighted by atomic mass is 16.6. The van der Waals surface area contributed by atoms with Crippen molar-refractivity contribution in [3.05, 3.63) is 138 Å². The molecule has 0 aliphatic rings. The van der Waals surface area contributed by atoms with E-state index < -0.39 is 32.1 Å². The van der Waals surface area contributed by atoms with Gasteiger partial charge in [0.2, 0.25) is 0 Å². The lowest BCUT2D eigenvalue weighted by atomic mass is 9.94. The maximum absolute atomic E-state index is 12.9. The number of hydrogen-bond donors (Lipinski definition) is 5. The summed E-state index contributed by atoms with van der Waals surface area (Å²) in [5, 5.41) is 64.7. The van der Waals surface area contributed by atoms with Crippen LogP contribution in [0.15, 0.2) is 101 Å². The second-order valence-corrected chi connectivity index (χ2v) is 10.6. The van der Waals surface area contributed by atoms with Gasteiger partial charge in [0.15, 0.2) is 0 Å². The SMILES string of the molecule is O=C(N/N=C/c1c[nH]c2ccc([N+](=O)[O-])cc12)c1ccc(-c2cccc3c(/C=N/Nc4ccc([N+](=O)[O-])cc4[N+](=O)[O-])c(O)ccc23)cc1O. The van der Waals surface area contributed by atoms with Gasteiger partial charge in [-0.05, 0) is 52.2 Å². The molecule has 1 amide bonds. The van der Waals surface area contributed by atoms with Gasteiger partial charge in [-0.1, -0.05) is 30.3 Å². The molecule has 5 N–H and O–H groups in total. The predicted octanol–water partition coefficient (Wildman–Crippen LogP) is 6.33. The van der Waals surface area contributed by atoms with Crippen LogP contribution in [0.5, 0.6) is 11.5 Å². The van der Waals surface area contributed by atoms with Crippen molar-refractivity contribution in [2.45, 2.75) is 0 Å². The van der Waals surface area contributed by atoms with Gasteiger partial charge >= 0.3 is 5.69 Å². The van der Waals surface area contributed by atoms with E-state index in [1.165, 1.54) is 42.8 Å². The average Bonchev–Trinajstić information content (AvgIpc) is 3.50. The second kappa shape index (κ2) is 13.2. The van der Waals surface area contributed by atoms with Gasteiger partial charge in [0.05, 0.1) is 38.8 Å². The Labute approximate surface area is 279 Å². The molecule has 0 radical (unpaired) electrons. The molecule has 0 saturated carbocycles. The summed E-state index contributed by atoms with van der Waals surface area (Å²) in [5.74, 6) is -1.21.